The maximum Gasteiger partial charge on any atom is 0.321 e. The molecule has 0 spiro atoms. The summed E-state index contributed by atoms with van der Waals surface area (Å²) >= 11 is 0. The van der Waals surface area contributed by atoms with Crippen molar-refractivity contribution in [2.75, 3.05) is 53.1 Å². The van der Waals surface area contributed by atoms with Gasteiger partial charge in [0.25, 0.3) is 5.91 Å². The van der Waals surface area contributed by atoms with Gasteiger partial charge in [-0.15, -0.1) is 0 Å². The highest BCUT2D eigenvalue weighted by Crippen LogP contribution is 2.18. The van der Waals surface area contributed by atoms with E-state index < -0.39 is 0 Å². The van der Waals surface area contributed by atoms with E-state index in [-0.39, 0.29) is 11.9 Å². The zero-order chi connectivity index (χ0) is 21.4. The molecule has 0 aliphatic carbocycles. The molecule has 6 heteroatoms. The highest BCUT2D eigenvalue weighted by molar-refractivity contribution is 5.97. The van der Waals surface area contributed by atoms with Gasteiger partial charge in [0, 0.05) is 45.0 Å². The maximum absolute atomic E-state index is 13.0. The number of rotatable bonds is 8. The topological polar surface area (TPSA) is 55.9 Å². The molecule has 156 valence electrons. The lowest BCUT2D eigenvalue weighted by Crippen LogP contribution is -2.40. The first kappa shape index (κ1) is 22.4. The molecule has 2 aromatic rings. The van der Waals surface area contributed by atoms with Crippen molar-refractivity contribution in [3.05, 3.63) is 65.2 Å². The van der Waals surface area contributed by atoms with E-state index in [4.69, 9.17) is 0 Å². The molecule has 0 radical (unpaired) electrons. The Morgan fingerprint density at radius 1 is 0.897 bits per heavy atom. The smallest absolute Gasteiger partial charge is 0.321 e. The zero-order valence-electron chi connectivity index (χ0n) is 18.1. The number of likely N-dealkylation sites (N-methyl/N-ethyl adjacent to an activating group) is 1. The summed E-state index contributed by atoms with van der Waals surface area (Å²) in [5.74, 6) is -0.0889. The molecule has 0 bridgehead atoms. The number of benzene rings is 2. The van der Waals surface area contributed by atoms with Gasteiger partial charge in [-0.3, -0.25) is 4.79 Å². The average Bonchev–Trinajstić information content (AvgIpc) is 2.69. The summed E-state index contributed by atoms with van der Waals surface area (Å²) in [4.78, 5) is 30.7. The third-order valence-electron chi connectivity index (χ3n) is 4.75. The van der Waals surface area contributed by atoms with Crippen LogP contribution in [-0.2, 0) is 6.42 Å². The van der Waals surface area contributed by atoms with Crippen LogP contribution in [-0.4, -0.2) is 74.5 Å². The van der Waals surface area contributed by atoms with Crippen molar-refractivity contribution in [3.63, 3.8) is 0 Å². The molecule has 0 aromatic heterocycles. The molecule has 0 fully saturated rings. The minimum Gasteiger partial charge on any atom is -0.345 e. The number of nitrogens with one attached hydrogen (secondary N) is 1. The molecule has 2 rings (SSSR count). The van der Waals surface area contributed by atoms with Gasteiger partial charge in [0.2, 0.25) is 0 Å². The van der Waals surface area contributed by atoms with Crippen LogP contribution in [0.15, 0.2) is 48.5 Å². The molecule has 0 heterocycles. The van der Waals surface area contributed by atoms with Gasteiger partial charge in [0.15, 0.2) is 0 Å². The molecule has 0 aliphatic rings. The number of urea groups is 1. The van der Waals surface area contributed by atoms with Gasteiger partial charge in [-0.05, 0) is 50.7 Å². The van der Waals surface area contributed by atoms with E-state index in [1.807, 2.05) is 50.2 Å². The predicted octanol–water partition coefficient (Wildman–Crippen LogP) is 3.34. The summed E-state index contributed by atoms with van der Waals surface area (Å²) < 4.78 is 0. The van der Waals surface area contributed by atoms with Gasteiger partial charge in [-0.2, -0.15) is 0 Å². The quantitative estimate of drug-likeness (QED) is 0.745. The third-order valence-corrected chi connectivity index (χ3v) is 4.75. The van der Waals surface area contributed by atoms with E-state index in [9.17, 15) is 9.59 Å². The molecule has 3 amide bonds. The van der Waals surface area contributed by atoms with Crippen LogP contribution in [0.25, 0.3) is 0 Å². The van der Waals surface area contributed by atoms with E-state index in [0.29, 0.717) is 24.3 Å². The lowest BCUT2D eigenvalue weighted by atomic mass is 10.1. The normalized spacial score (nSPS) is 10.7. The van der Waals surface area contributed by atoms with Gasteiger partial charge in [0.05, 0.1) is 0 Å². The SMILES string of the molecule is Cc1ccc(C(=O)N(C)C)cc1NC(=O)N(CCc1ccccc1)CCN(C)C. The number of hydrogen-bond acceptors (Lipinski definition) is 3. The number of aryl methyl sites for hydroxylation is 1. The summed E-state index contributed by atoms with van der Waals surface area (Å²) in [7, 11) is 7.42. The standard InChI is InChI=1S/C23H32N4O2/c1-18-11-12-20(22(28)26(4)5)17-21(18)24-23(29)27(16-15-25(2)3)14-13-19-9-7-6-8-10-19/h6-12,17H,13-16H2,1-5H3,(H,24,29). The lowest BCUT2D eigenvalue weighted by molar-refractivity contribution is 0.0827. The van der Waals surface area contributed by atoms with Crippen LogP contribution in [0.1, 0.15) is 21.5 Å². The van der Waals surface area contributed by atoms with Crippen molar-refractivity contribution >= 4 is 17.6 Å². The Kier molecular flexibility index (Phi) is 8.21. The first-order valence-corrected chi connectivity index (χ1v) is 9.85. The minimum atomic E-state index is -0.152. The number of anilines is 1. The highest BCUT2D eigenvalue weighted by atomic mass is 16.2. The number of carbonyl (C=O) groups excluding carboxylic acids is 2. The van der Waals surface area contributed by atoms with Crippen molar-refractivity contribution in [3.8, 4) is 0 Å². The van der Waals surface area contributed by atoms with E-state index in [2.05, 4.69) is 22.3 Å². The van der Waals surface area contributed by atoms with Gasteiger partial charge in [-0.25, -0.2) is 4.79 Å². The molecular weight excluding hydrogens is 364 g/mol. The molecule has 0 saturated carbocycles. The van der Waals surface area contributed by atoms with Crippen LogP contribution in [0, 0.1) is 6.92 Å². The van der Waals surface area contributed by atoms with Crippen LogP contribution in [0.5, 0.6) is 0 Å². The number of amides is 3. The monoisotopic (exact) mass is 396 g/mol. The van der Waals surface area contributed by atoms with Crippen LogP contribution in [0.3, 0.4) is 0 Å². The fourth-order valence-electron chi connectivity index (χ4n) is 2.89. The number of carbonyl (C=O) groups is 2. The fourth-order valence-corrected chi connectivity index (χ4v) is 2.89. The highest BCUT2D eigenvalue weighted by Gasteiger charge is 2.16. The largest absolute Gasteiger partial charge is 0.345 e. The molecule has 2 aromatic carbocycles. The lowest BCUT2D eigenvalue weighted by Gasteiger charge is -2.25. The van der Waals surface area contributed by atoms with Gasteiger partial charge in [0.1, 0.15) is 0 Å². The van der Waals surface area contributed by atoms with Gasteiger partial charge < -0.3 is 20.0 Å². The van der Waals surface area contributed by atoms with Crippen LogP contribution >= 0.6 is 0 Å². The van der Waals surface area contributed by atoms with E-state index in [1.54, 1.807) is 26.2 Å². The summed E-state index contributed by atoms with van der Waals surface area (Å²) in [5.41, 5.74) is 3.34. The Balaban J connectivity index is 2.13. The fraction of sp³-hybridized carbons (Fsp3) is 0.391. The molecule has 0 aliphatic heterocycles. The molecular formula is C23H32N4O2. The molecule has 29 heavy (non-hydrogen) atoms. The van der Waals surface area contributed by atoms with E-state index in [0.717, 1.165) is 18.5 Å². The second kappa shape index (κ2) is 10.6. The number of nitrogens with zero attached hydrogens (tertiary/aromatic N) is 3. The van der Waals surface area contributed by atoms with Crippen molar-refractivity contribution in [2.45, 2.75) is 13.3 Å². The van der Waals surface area contributed by atoms with Crippen molar-refractivity contribution in [1.29, 1.82) is 0 Å². The molecule has 0 atom stereocenters. The third kappa shape index (κ3) is 6.91. The molecule has 1 N–H and O–H groups in total. The van der Waals surface area contributed by atoms with Gasteiger partial charge in [-0.1, -0.05) is 36.4 Å². The zero-order valence-corrected chi connectivity index (χ0v) is 18.1. The average molecular weight is 397 g/mol. The minimum absolute atomic E-state index is 0.0889. The maximum atomic E-state index is 13.0. The Hall–Kier alpha value is -2.86. The predicted molar refractivity (Wildman–Crippen MR) is 118 cm³/mol. The van der Waals surface area contributed by atoms with Crippen LogP contribution in [0.4, 0.5) is 10.5 Å². The Bertz CT molecular complexity index is 819. The molecule has 0 unspecified atom stereocenters. The Morgan fingerprint density at radius 2 is 1.59 bits per heavy atom. The van der Waals surface area contributed by atoms with Crippen LogP contribution < -0.4 is 5.32 Å². The van der Waals surface area contributed by atoms with Crippen molar-refractivity contribution < 1.29 is 9.59 Å². The van der Waals surface area contributed by atoms with Crippen molar-refractivity contribution in [1.82, 2.24) is 14.7 Å². The van der Waals surface area contributed by atoms with E-state index in [1.165, 1.54) is 10.5 Å². The Labute approximate surface area is 174 Å². The first-order valence-electron chi connectivity index (χ1n) is 9.85. The summed E-state index contributed by atoms with van der Waals surface area (Å²) in [5, 5.41) is 3.00. The summed E-state index contributed by atoms with van der Waals surface area (Å²) in [6.45, 7) is 3.95. The number of hydrogen-bond donors (Lipinski definition) is 1. The van der Waals surface area contributed by atoms with E-state index >= 15 is 0 Å². The van der Waals surface area contributed by atoms with Crippen molar-refractivity contribution in [2.24, 2.45) is 0 Å². The Morgan fingerprint density at radius 3 is 2.21 bits per heavy atom. The molecule has 6 nitrogen and oxygen atoms in total. The summed E-state index contributed by atoms with van der Waals surface area (Å²) in [6.07, 6.45) is 0.791. The second-order valence-electron chi connectivity index (χ2n) is 7.69. The first-order chi connectivity index (χ1) is 13.8. The van der Waals surface area contributed by atoms with Crippen LogP contribution in [0.2, 0.25) is 0 Å². The molecule has 0 saturated heterocycles. The second-order valence-corrected chi connectivity index (χ2v) is 7.69. The van der Waals surface area contributed by atoms with Gasteiger partial charge >= 0.3 is 6.03 Å². The summed E-state index contributed by atoms with van der Waals surface area (Å²) in [6, 6.07) is 15.4.